The van der Waals surface area contributed by atoms with Crippen molar-refractivity contribution in [3.05, 3.63) is 65.7 Å². The Labute approximate surface area is 161 Å². The summed E-state index contributed by atoms with van der Waals surface area (Å²) in [6.45, 7) is 9.24. The van der Waals surface area contributed by atoms with Crippen molar-refractivity contribution in [1.29, 1.82) is 0 Å². The molecule has 0 unspecified atom stereocenters. The van der Waals surface area contributed by atoms with Gasteiger partial charge in [0, 0.05) is 10.7 Å². The van der Waals surface area contributed by atoms with Crippen LogP contribution in [-0.4, -0.2) is 29.4 Å². The van der Waals surface area contributed by atoms with Gasteiger partial charge in [0.15, 0.2) is 0 Å². The van der Waals surface area contributed by atoms with Gasteiger partial charge in [0.1, 0.15) is 5.60 Å². The molecule has 0 atom stereocenters. The van der Waals surface area contributed by atoms with Crippen molar-refractivity contribution in [3.63, 3.8) is 0 Å². The predicted molar refractivity (Wildman–Crippen MR) is 112 cm³/mol. The summed E-state index contributed by atoms with van der Waals surface area (Å²) < 4.78 is 7.25. The number of nitrogens with zero attached hydrogens (tertiary/aromatic N) is 1. The fourth-order valence-corrected chi connectivity index (χ4v) is 5.15. The van der Waals surface area contributed by atoms with Crippen molar-refractivity contribution in [1.82, 2.24) is 4.57 Å². The standard InChI is InChI=1S/C22H27NO3Si/c1-22(2,3)26-21(24)23-19-14-10-9-13-17(19)18(20(23)27(4,5)25)15-16-11-7-6-8-12-16/h6-14,25H,15H2,1-5H3. The van der Waals surface area contributed by atoms with Crippen LogP contribution in [0.1, 0.15) is 31.9 Å². The average molecular weight is 382 g/mol. The first-order valence-corrected chi connectivity index (χ1v) is 12.1. The average Bonchev–Trinajstić information content (AvgIpc) is 2.89. The van der Waals surface area contributed by atoms with E-state index in [1.807, 2.05) is 76.3 Å². The van der Waals surface area contributed by atoms with Gasteiger partial charge in [0.2, 0.25) is 8.32 Å². The van der Waals surface area contributed by atoms with E-state index in [-0.39, 0.29) is 0 Å². The molecule has 27 heavy (non-hydrogen) atoms. The Morgan fingerprint density at radius 2 is 1.63 bits per heavy atom. The Morgan fingerprint density at radius 1 is 1.04 bits per heavy atom. The van der Waals surface area contributed by atoms with E-state index in [0.717, 1.165) is 22.0 Å². The number of hydrogen-bond donors (Lipinski definition) is 1. The highest BCUT2D eigenvalue weighted by molar-refractivity contribution is 6.83. The molecule has 0 amide bonds. The van der Waals surface area contributed by atoms with Crippen LogP contribution in [0.3, 0.4) is 0 Å². The zero-order chi connectivity index (χ0) is 19.8. The van der Waals surface area contributed by atoms with E-state index in [0.29, 0.717) is 11.7 Å². The van der Waals surface area contributed by atoms with Crippen molar-refractivity contribution in [2.75, 3.05) is 0 Å². The Hall–Kier alpha value is -2.37. The minimum absolute atomic E-state index is 0.442. The molecule has 3 rings (SSSR count). The molecule has 0 aliphatic heterocycles. The van der Waals surface area contributed by atoms with E-state index < -0.39 is 20.0 Å². The van der Waals surface area contributed by atoms with Gasteiger partial charge in [-0.3, -0.25) is 4.57 Å². The Bertz CT molecular complexity index is 963. The maximum atomic E-state index is 13.1. The molecule has 0 radical (unpaired) electrons. The maximum absolute atomic E-state index is 13.1. The molecule has 5 heteroatoms. The molecule has 0 bridgehead atoms. The zero-order valence-corrected chi connectivity index (χ0v) is 17.6. The van der Waals surface area contributed by atoms with Gasteiger partial charge in [-0.1, -0.05) is 48.5 Å². The first-order valence-electron chi connectivity index (χ1n) is 9.20. The Balaban J connectivity index is 2.27. The molecule has 1 N–H and O–H groups in total. The van der Waals surface area contributed by atoms with E-state index in [2.05, 4.69) is 12.1 Å². The van der Waals surface area contributed by atoms with E-state index in [9.17, 15) is 9.59 Å². The Kier molecular flexibility index (Phi) is 5.01. The molecule has 142 valence electrons. The van der Waals surface area contributed by atoms with Gasteiger partial charge in [-0.2, -0.15) is 0 Å². The van der Waals surface area contributed by atoms with Crippen LogP contribution in [0.5, 0.6) is 0 Å². The number of carbonyl (C=O) groups excluding carboxylic acids is 1. The largest absolute Gasteiger partial charge is 0.443 e. The molecule has 0 fully saturated rings. The van der Waals surface area contributed by atoms with Gasteiger partial charge >= 0.3 is 6.09 Å². The number of carbonyl (C=O) groups is 1. The Morgan fingerprint density at radius 3 is 2.22 bits per heavy atom. The second kappa shape index (κ2) is 6.98. The normalized spacial score (nSPS) is 12.4. The number of para-hydroxylation sites is 1. The van der Waals surface area contributed by atoms with Gasteiger partial charge < -0.3 is 9.53 Å². The summed E-state index contributed by atoms with van der Waals surface area (Å²) in [6.07, 6.45) is 0.214. The molecule has 3 aromatic rings. The minimum Gasteiger partial charge on any atom is -0.443 e. The van der Waals surface area contributed by atoms with Crippen molar-refractivity contribution in [2.24, 2.45) is 0 Å². The SMILES string of the molecule is CC(C)(C)OC(=O)n1c([Si](C)(C)O)c(Cc2ccccc2)c2ccccc21. The van der Waals surface area contributed by atoms with Gasteiger partial charge in [-0.15, -0.1) is 0 Å². The zero-order valence-electron chi connectivity index (χ0n) is 16.6. The van der Waals surface area contributed by atoms with E-state index in [1.54, 1.807) is 4.57 Å². The summed E-state index contributed by atoms with van der Waals surface area (Å²) in [4.78, 5) is 24.1. The van der Waals surface area contributed by atoms with Crippen LogP contribution < -0.4 is 5.32 Å². The molecule has 0 saturated carbocycles. The number of benzene rings is 2. The van der Waals surface area contributed by atoms with Crippen LogP contribution in [0.25, 0.3) is 10.9 Å². The lowest BCUT2D eigenvalue weighted by Gasteiger charge is -2.24. The third-order valence-electron chi connectivity index (χ3n) is 4.36. The predicted octanol–water partition coefficient (Wildman–Crippen LogP) is 4.42. The fraction of sp³-hybridized carbons (Fsp3) is 0.318. The number of aromatic nitrogens is 1. The van der Waals surface area contributed by atoms with E-state index in [1.165, 1.54) is 0 Å². The van der Waals surface area contributed by atoms with Gasteiger partial charge in [0.25, 0.3) is 0 Å². The van der Waals surface area contributed by atoms with Crippen molar-refractivity contribution in [2.45, 2.75) is 45.9 Å². The lowest BCUT2D eigenvalue weighted by molar-refractivity contribution is 0.0548. The first-order chi connectivity index (χ1) is 12.6. The summed E-state index contributed by atoms with van der Waals surface area (Å²) in [5.41, 5.74) is 2.31. The van der Waals surface area contributed by atoms with Crippen LogP contribution in [-0.2, 0) is 11.2 Å². The van der Waals surface area contributed by atoms with Gasteiger partial charge in [-0.25, -0.2) is 4.79 Å². The second-order valence-corrected chi connectivity index (χ2v) is 12.0. The maximum Gasteiger partial charge on any atom is 0.418 e. The lowest BCUT2D eigenvalue weighted by atomic mass is 10.0. The molecule has 0 aliphatic rings. The molecule has 0 aliphatic carbocycles. The molecule has 1 heterocycles. The first kappa shape index (κ1) is 19.4. The second-order valence-electron chi connectivity index (χ2n) is 8.38. The number of fused-ring (bicyclic) bond motifs is 1. The van der Waals surface area contributed by atoms with Gasteiger partial charge in [0.05, 0.1) is 5.52 Å². The monoisotopic (exact) mass is 381 g/mol. The smallest absolute Gasteiger partial charge is 0.418 e. The van der Waals surface area contributed by atoms with Gasteiger partial charge in [-0.05, 0) is 57.5 Å². The third-order valence-corrected chi connectivity index (χ3v) is 6.04. The van der Waals surface area contributed by atoms with Crippen LogP contribution in [0.4, 0.5) is 4.79 Å². The van der Waals surface area contributed by atoms with Crippen LogP contribution in [0.15, 0.2) is 54.6 Å². The fourth-order valence-electron chi connectivity index (χ4n) is 3.43. The molecular formula is C22H27NO3Si. The van der Waals surface area contributed by atoms with E-state index >= 15 is 0 Å². The summed E-state index contributed by atoms with van der Waals surface area (Å²) >= 11 is 0. The van der Waals surface area contributed by atoms with Crippen LogP contribution in [0.2, 0.25) is 13.1 Å². The number of rotatable bonds is 3. The number of ether oxygens (including phenoxy) is 1. The van der Waals surface area contributed by atoms with Crippen molar-refractivity contribution >= 4 is 30.6 Å². The van der Waals surface area contributed by atoms with Crippen molar-refractivity contribution in [3.8, 4) is 0 Å². The number of hydrogen-bond acceptors (Lipinski definition) is 3. The molecule has 2 aromatic carbocycles. The highest BCUT2D eigenvalue weighted by atomic mass is 28.4. The highest BCUT2D eigenvalue weighted by Crippen LogP contribution is 2.26. The minimum atomic E-state index is -2.84. The van der Waals surface area contributed by atoms with Crippen LogP contribution in [0, 0.1) is 0 Å². The molecule has 0 spiro atoms. The topological polar surface area (TPSA) is 51.5 Å². The third kappa shape index (κ3) is 4.15. The molecular weight excluding hydrogens is 354 g/mol. The highest BCUT2D eigenvalue weighted by Gasteiger charge is 2.34. The molecule has 4 nitrogen and oxygen atoms in total. The summed E-state index contributed by atoms with van der Waals surface area (Å²) in [5.74, 6) is 0. The summed E-state index contributed by atoms with van der Waals surface area (Å²) in [6, 6.07) is 17.9. The van der Waals surface area contributed by atoms with Crippen molar-refractivity contribution < 1.29 is 14.3 Å². The summed E-state index contributed by atoms with van der Waals surface area (Å²) in [5, 5.41) is 1.69. The van der Waals surface area contributed by atoms with Crippen LogP contribution >= 0.6 is 0 Å². The summed E-state index contributed by atoms with van der Waals surface area (Å²) in [7, 11) is -2.84. The molecule has 0 saturated heterocycles. The quantitative estimate of drug-likeness (QED) is 0.683. The lowest BCUT2D eigenvalue weighted by Crippen LogP contribution is -2.50. The van der Waals surface area contributed by atoms with E-state index in [4.69, 9.17) is 4.74 Å². The molecule has 1 aromatic heterocycles.